The maximum atomic E-state index is 13.0. The van der Waals surface area contributed by atoms with Gasteiger partial charge in [0.15, 0.2) is 0 Å². The van der Waals surface area contributed by atoms with Gasteiger partial charge in [0.2, 0.25) is 5.91 Å². The zero-order valence-corrected chi connectivity index (χ0v) is 26.0. The molecule has 0 radical (unpaired) electrons. The van der Waals surface area contributed by atoms with Crippen LogP contribution in [0.1, 0.15) is 104 Å². The highest BCUT2D eigenvalue weighted by Gasteiger charge is 2.39. The fraction of sp³-hybridized carbons (Fsp3) is 0.606. The third-order valence-corrected chi connectivity index (χ3v) is 10.0. The molecule has 0 bridgehead atoms. The lowest BCUT2D eigenvalue weighted by Crippen LogP contribution is -2.41. The van der Waals surface area contributed by atoms with Crippen LogP contribution in [-0.2, 0) is 26.7 Å². The molecule has 6 nitrogen and oxygen atoms in total. The Labute approximate surface area is 242 Å². The minimum atomic E-state index is -3.94. The third kappa shape index (κ3) is 7.39. The molecule has 7 heteroatoms. The lowest BCUT2D eigenvalue weighted by molar-refractivity contribution is -0.119. The first kappa shape index (κ1) is 32.0. The number of unbranched alkanes of at least 4 members (excludes halogenated alkanes) is 1. The number of amides is 1. The van der Waals surface area contributed by atoms with Crippen molar-refractivity contribution in [3.05, 3.63) is 53.6 Å². The summed E-state index contributed by atoms with van der Waals surface area (Å²) in [6.45, 7) is 11.5. The van der Waals surface area contributed by atoms with E-state index in [9.17, 15) is 13.2 Å². The second kappa shape index (κ2) is 14.9. The molecule has 1 spiro atoms. The summed E-state index contributed by atoms with van der Waals surface area (Å²) in [6.07, 6.45) is 10.1. The van der Waals surface area contributed by atoms with E-state index in [2.05, 4.69) is 41.2 Å². The molecule has 1 fully saturated rings. The molecule has 1 heterocycles. The summed E-state index contributed by atoms with van der Waals surface area (Å²) in [5, 5.41) is 3.46. The van der Waals surface area contributed by atoms with Gasteiger partial charge in [-0.15, -0.1) is 0 Å². The number of benzene rings is 2. The van der Waals surface area contributed by atoms with Gasteiger partial charge in [-0.2, -0.15) is 0 Å². The Kier molecular flexibility index (Phi) is 11.9. The summed E-state index contributed by atoms with van der Waals surface area (Å²) < 4.78 is 34.4. The average molecular weight is 571 g/mol. The Hall–Kier alpha value is -2.54. The number of anilines is 1. The number of nitrogens with one attached hydrogen (secondary N) is 2. The van der Waals surface area contributed by atoms with Crippen molar-refractivity contribution in [3.8, 4) is 5.75 Å². The maximum Gasteiger partial charge on any atom is 0.264 e. The van der Waals surface area contributed by atoms with Gasteiger partial charge >= 0.3 is 0 Å². The van der Waals surface area contributed by atoms with Gasteiger partial charge in [0.1, 0.15) is 5.75 Å². The standard InChI is InChI=1S/C29H38N2O4S.2C2H6/c1-2-21-13-14-22(21)8-4-6-12-28(32)31-36(33,34)24-15-16-27-26(18-24)30-19-29(20-35-27)17-7-10-23-9-3-5-11-25(23)29;2*1-2/h3,5,9,11,15-16,18,21-22,30H,2,4,6-8,10,12-14,17,19-20H2,1H3,(H,31,32);2*1-2H3. The van der Waals surface area contributed by atoms with Crippen molar-refractivity contribution >= 4 is 21.6 Å². The van der Waals surface area contributed by atoms with E-state index < -0.39 is 15.9 Å². The summed E-state index contributed by atoms with van der Waals surface area (Å²) in [4.78, 5) is 12.5. The van der Waals surface area contributed by atoms with Crippen LogP contribution >= 0.6 is 0 Å². The molecule has 5 rings (SSSR count). The van der Waals surface area contributed by atoms with E-state index in [-0.39, 0.29) is 16.7 Å². The van der Waals surface area contributed by atoms with Crippen molar-refractivity contribution in [2.75, 3.05) is 18.5 Å². The van der Waals surface area contributed by atoms with Crippen LogP contribution in [0.4, 0.5) is 5.69 Å². The van der Waals surface area contributed by atoms with Crippen LogP contribution in [0.5, 0.6) is 5.75 Å². The molecule has 222 valence electrons. The van der Waals surface area contributed by atoms with E-state index in [0.29, 0.717) is 24.6 Å². The molecule has 2 aliphatic carbocycles. The molecule has 1 amide bonds. The first-order valence-electron chi connectivity index (χ1n) is 15.5. The molecule has 1 aliphatic heterocycles. The normalized spacial score (nSPS) is 22.7. The van der Waals surface area contributed by atoms with Crippen molar-refractivity contribution in [3.63, 3.8) is 0 Å². The topological polar surface area (TPSA) is 84.5 Å². The van der Waals surface area contributed by atoms with Gasteiger partial charge in [-0.05, 0) is 79.7 Å². The smallest absolute Gasteiger partial charge is 0.264 e. The summed E-state index contributed by atoms with van der Waals surface area (Å²) in [7, 11) is -3.94. The summed E-state index contributed by atoms with van der Waals surface area (Å²) in [5.74, 6) is 1.83. The van der Waals surface area contributed by atoms with Crippen LogP contribution < -0.4 is 14.8 Å². The minimum Gasteiger partial charge on any atom is -0.490 e. The fourth-order valence-corrected chi connectivity index (χ4v) is 7.36. The van der Waals surface area contributed by atoms with E-state index in [1.165, 1.54) is 36.5 Å². The minimum absolute atomic E-state index is 0.0750. The lowest BCUT2D eigenvalue weighted by atomic mass is 9.70. The first-order valence-corrected chi connectivity index (χ1v) is 17.0. The van der Waals surface area contributed by atoms with Crippen LogP contribution in [0.2, 0.25) is 0 Å². The molecule has 2 aromatic rings. The quantitative estimate of drug-likeness (QED) is 0.319. The highest BCUT2D eigenvalue weighted by Crippen LogP contribution is 2.42. The highest BCUT2D eigenvalue weighted by atomic mass is 32.2. The maximum absolute atomic E-state index is 13.0. The van der Waals surface area contributed by atoms with Gasteiger partial charge in [-0.1, -0.05) is 78.1 Å². The van der Waals surface area contributed by atoms with Crippen LogP contribution in [0.25, 0.3) is 0 Å². The monoisotopic (exact) mass is 570 g/mol. The van der Waals surface area contributed by atoms with E-state index in [1.54, 1.807) is 12.1 Å². The number of ether oxygens (including phenoxy) is 1. The van der Waals surface area contributed by atoms with E-state index in [4.69, 9.17) is 4.74 Å². The zero-order chi connectivity index (χ0) is 29.2. The van der Waals surface area contributed by atoms with Gasteiger partial charge in [0, 0.05) is 18.4 Å². The average Bonchev–Trinajstić information content (AvgIpc) is 3.14. The molecule has 40 heavy (non-hydrogen) atoms. The second-order valence-electron chi connectivity index (χ2n) is 10.9. The Balaban J connectivity index is 0.00000106. The number of carbonyl (C=O) groups excluding carboxylic acids is 1. The van der Waals surface area contributed by atoms with Crippen LogP contribution in [0.15, 0.2) is 47.4 Å². The Bertz CT molecular complexity index is 1210. The largest absolute Gasteiger partial charge is 0.490 e. The number of hydrogen-bond donors (Lipinski definition) is 2. The zero-order valence-electron chi connectivity index (χ0n) is 25.2. The van der Waals surface area contributed by atoms with Crippen LogP contribution in [-0.4, -0.2) is 27.5 Å². The molecule has 2 aromatic carbocycles. The molecule has 0 saturated heterocycles. The Morgan fingerprint density at radius 2 is 1.80 bits per heavy atom. The number of sulfonamides is 1. The van der Waals surface area contributed by atoms with Crippen molar-refractivity contribution < 1.29 is 17.9 Å². The van der Waals surface area contributed by atoms with E-state index >= 15 is 0 Å². The molecular formula is C33H50N2O4S. The van der Waals surface area contributed by atoms with Gasteiger partial charge in [0.25, 0.3) is 10.0 Å². The molecular weight excluding hydrogens is 520 g/mol. The van der Waals surface area contributed by atoms with E-state index in [1.807, 2.05) is 27.7 Å². The van der Waals surface area contributed by atoms with Crippen molar-refractivity contribution in [2.45, 2.75) is 109 Å². The SMILES string of the molecule is CC.CC.CCC1CCC1CCCCC(=O)NS(=O)(=O)c1ccc2c(c1)NCC1(CCCc3ccccc31)CO2. The molecule has 1 saturated carbocycles. The lowest BCUT2D eigenvalue weighted by Gasteiger charge is -2.37. The second-order valence-corrected chi connectivity index (χ2v) is 12.6. The molecule has 3 aliphatic rings. The van der Waals surface area contributed by atoms with Crippen LogP contribution in [0.3, 0.4) is 0 Å². The Morgan fingerprint density at radius 3 is 2.52 bits per heavy atom. The highest BCUT2D eigenvalue weighted by molar-refractivity contribution is 7.90. The molecule has 3 atom stereocenters. The molecule has 3 unspecified atom stereocenters. The van der Waals surface area contributed by atoms with Gasteiger partial charge in [-0.3, -0.25) is 4.79 Å². The summed E-state index contributed by atoms with van der Waals surface area (Å²) >= 11 is 0. The predicted molar refractivity (Wildman–Crippen MR) is 164 cm³/mol. The number of hydrogen-bond acceptors (Lipinski definition) is 5. The fourth-order valence-electron chi connectivity index (χ4n) is 6.32. The van der Waals surface area contributed by atoms with Gasteiger partial charge in [0.05, 0.1) is 17.2 Å². The summed E-state index contributed by atoms with van der Waals surface area (Å²) in [5.41, 5.74) is 3.19. The predicted octanol–water partition coefficient (Wildman–Crippen LogP) is 7.62. The van der Waals surface area contributed by atoms with Crippen molar-refractivity contribution in [1.82, 2.24) is 4.72 Å². The number of aryl methyl sites for hydroxylation is 1. The number of fused-ring (bicyclic) bond motifs is 3. The Morgan fingerprint density at radius 1 is 1.05 bits per heavy atom. The number of carbonyl (C=O) groups is 1. The molecule has 2 N–H and O–H groups in total. The van der Waals surface area contributed by atoms with E-state index in [0.717, 1.165) is 50.4 Å². The van der Waals surface area contributed by atoms with Gasteiger partial charge in [-0.25, -0.2) is 13.1 Å². The molecule has 0 aromatic heterocycles. The number of rotatable bonds is 8. The van der Waals surface area contributed by atoms with Crippen molar-refractivity contribution in [1.29, 1.82) is 0 Å². The third-order valence-electron chi connectivity index (χ3n) is 8.65. The summed E-state index contributed by atoms with van der Waals surface area (Å²) in [6, 6.07) is 13.3. The van der Waals surface area contributed by atoms with Gasteiger partial charge < -0.3 is 10.1 Å². The van der Waals surface area contributed by atoms with Crippen molar-refractivity contribution in [2.24, 2.45) is 11.8 Å². The first-order chi connectivity index (χ1) is 19.4. The van der Waals surface area contributed by atoms with Crippen LogP contribution in [0, 0.1) is 11.8 Å².